The van der Waals surface area contributed by atoms with Crippen LogP contribution in [-0.2, 0) is 11.3 Å². The maximum absolute atomic E-state index is 12.5. The SMILES string of the molecule is Cc1c(Cl)cccc1NC(=O)CCn1c(=S)[nH]c2ccccc2c1=O. The molecule has 2 aromatic carbocycles. The smallest absolute Gasteiger partial charge is 0.262 e. The second-order valence-electron chi connectivity index (χ2n) is 5.64. The van der Waals surface area contributed by atoms with Crippen LogP contribution in [0.25, 0.3) is 10.9 Å². The number of nitrogens with zero attached hydrogens (tertiary/aromatic N) is 1. The van der Waals surface area contributed by atoms with Crippen LogP contribution in [0.5, 0.6) is 0 Å². The molecular formula is C18H16ClN3O2S. The predicted octanol–water partition coefficient (Wildman–Crippen LogP) is 4.05. The van der Waals surface area contributed by atoms with Gasteiger partial charge in [-0.3, -0.25) is 14.2 Å². The number of hydrogen-bond donors (Lipinski definition) is 2. The van der Waals surface area contributed by atoms with Crippen LogP contribution in [0.2, 0.25) is 5.02 Å². The molecule has 0 atom stereocenters. The molecular weight excluding hydrogens is 358 g/mol. The molecule has 0 aliphatic heterocycles. The number of amides is 1. The molecule has 0 spiro atoms. The number of aromatic amines is 1. The monoisotopic (exact) mass is 373 g/mol. The molecule has 1 aromatic heterocycles. The van der Waals surface area contributed by atoms with E-state index in [2.05, 4.69) is 10.3 Å². The van der Waals surface area contributed by atoms with Crippen molar-refractivity contribution in [2.75, 3.05) is 5.32 Å². The Morgan fingerprint density at radius 3 is 2.80 bits per heavy atom. The summed E-state index contributed by atoms with van der Waals surface area (Å²) in [6, 6.07) is 12.5. The molecule has 0 aliphatic rings. The van der Waals surface area contributed by atoms with Gasteiger partial charge >= 0.3 is 0 Å². The van der Waals surface area contributed by atoms with E-state index in [-0.39, 0.29) is 24.4 Å². The molecule has 0 saturated heterocycles. The number of H-pyrrole nitrogens is 1. The van der Waals surface area contributed by atoms with Crippen LogP contribution in [0.4, 0.5) is 5.69 Å². The summed E-state index contributed by atoms with van der Waals surface area (Å²) in [6.07, 6.45) is 0.127. The largest absolute Gasteiger partial charge is 0.332 e. The molecule has 5 nitrogen and oxygen atoms in total. The van der Waals surface area contributed by atoms with Gasteiger partial charge < -0.3 is 10.3 Å². The van der Waals surface area contributed by atoms with Crippen LogP contribution in [-0.4, -0.2) is 15.5 Å². The number of fused-ring (bicyclic) bond motifs is 1. The summed E-state index contributed by atoms with van der Waals surface area (Å²) < 4.78 is 1.71. The fourth-order valence-electron chi connectivity index (χ4n) is 2.57. The minimum atomic E-state index is -0.208. The molecule has 3 aromatic rings. The zero-order chi connectivity index (χ0) is 18.0. The average Bonchev–Trinajstić information content (AvgIpc) is 2.59. The van der Waals surface area contributed by atoms with Gasteiger partial charge in [0.2, 0.25) is 5.91 Å². The van der Waals surface area contributed by atoms with Crippen LogP contribution in [0.15, 0.2) is 47.3 Å². The summed E-state index contributed by atoms with van der Waals surface area (Å²) >= 11 is 11.3. The fourth-order valence-corrected chi connectivity index (χ4v) is 3.03. The van der Waals surface area contributed by atoms with Gasteiger partial charge in [-0.25, -0.2) is 0 Å². The number of anilines is 1. The van der Waals surface area contributed by atoms with Crippen molar-refractivity contribution in [2.45, 2.75) is 19.9 Å². The number of aromatic nitrogens is 2. The van der Waals surface area contributed by atoms with Crippen molar-refractivity contribution >= 4 is 46.3 Å². The second-order valence-corrected chi connectivity index (χ2v) is 6.44. The summed E-state index contributed by atoms with van der Waals surface area (Å²) in [5.41, 5.74) is 1.95. The van der Waals surface area contributed by atoms with Crippen molar-refractivity contribution in [1.82, 2.24) is 9.55 Å². The van der Waals surface area contributed by atoms with E-state index in [1.165, 1.54) is 4.57 Å². The quantitative estimate of drug-likeness (QED) is 0.678. The van der Waals surface area contributed by atoms with Gasteiger partial charge in [0.25, 0.3) is 5.56 Å². The average molecular weight is 374 g/mol. The second kappa shape index (κ2) is 7.21. The van der Waals surface area contributed by atoms with Gasteiger partial charge in [0.15, 0.2) is 4.77 Å². The summed E-state index contributed by atoms with van der Waals surface area (Å²) in [7, 11) is 0. The maximum atomic E-state index is 12.5. The number of para-hydroxylation sites is 1. The van der Waals surface area contributed by atoms with Crippen molar-refractivity contribution in [2.24, 2.45) is 0 Å². The molecule has 25 heavy (non-hydrogen) atoms. The number of benzene rings is 2. The third-order valence-corrected chi connectivity index (χ3v) is 4.73. The van der Waals surface area contributed by atoms with Gasteiger partial charge in [-0.2, -0.15) is 0 Å². The third-order valence-electron chi connectivity index (χ3n) is 3.99. The van der Waals surface area contributed by atoms with Crippen molar-refractivity contribution in [3.8, 4) is 0 Å². The first kappa shape index (κ1) is 17.4. The van der Waals surface area contributed by atoms with Crippen molar-refractivity contribution in [1.29, 1.82) is 0 Å². The van der Waals surface area contributed by atoms with E-state index in [0.29, 0.717) is 26.4 Å². The van der Waals surface area contributed by atoms with Crippen molar-refractivity contribution in [3.63, 3.8) is 0 Å². The molecule has 1 heterocycles. The molecule has 7 heteroatoms. The Balaban J connectivity index is 1.79. The molecule has 128 valence electrons. The van der Waals surface area contributed by atoms with Gasteiger partial charge in [0, 0.05) is 23.7 Å². The molecule has 1 amide bonds. The number of rotatable bonds is 4. The molecule has 3 rings (SSSR count). The van der Waals surface area contributed by atoms with Crippen LogP contribution in [0.3, 0.4) is 0 Å². The Labute approximate surface area is 154 Å². The minimum absolute atomic E-state index is 0.127. The van der Waals surface area contributed by atoms with Crippen LogP contribution >= 0.6 is 23.8 Å². The highest BCUT2D eigenvalue weighted by Gasteiger charge is 2.10. The van der Waals surface area contributed by atoms with E-state index < -0.39 is 0 Å². The number of nitrogens with one attached hydrogen (secondary N) is 2. The van der Waals surface area contributed by atoms with E-state index in [9.17, 15) is 9.59 Å². The Hall–Kier alpha value is -2.44. The Kier molecular flexibility index (Phi) is 5.01. The van der Waals surface area contributed by atoms with Crippen LogP contribution < -0.4 is 10.9 Å². The van der Waals surface area contributed by atoms with E-state index in [1.54, 1.807) is 36.4 Å². The van der Waals surface area contributed by atoms with E-state index >= 15 is 0 Å². The lowest BCUT2D eigenvalue weighted by atomic mass is 10.2. The first-order valence-corrected chi connectivity index (χ1v) is 8.53. The normalized spacial score (nSPS) is 10.8. The highest BCUT2D eigenvalue weighted by Crippen LogP contribution is 2.23. The van der Waals surface area contributed by atoms with E-state index in [0.717, 1.165) is 5.56 Å². The van der Waals surface area contributed by atoms with Gasteiger partial charge in [-0.15, -0.1) is 0 Å². The summed E-state index contributed by atoms with van der Waals surface area (Å²) in [6.45, 7) is 2.03. The lowest BCUT2D eigenvalue weighted by Crippen LogP contribution is -2.25. The third kappa shape index (κ3) is 3.65. The van der Waals surface area contributed by atoms with Crippen molar-refractivity contribution in [3.05, 3.63) is 68.2 Å². The Bertz CT molecular complexity index is 1070. The summed E-state index contributed by atoms with van der Waals surface area (Å²) in [4.78, 5) is 27.8. The molecule has 0 saturated carbocycles. The number of hydrogen-bond acceptors (Lipinski definition) is 3. The zero-order valence-electron chi connectivity index (χ0n) is 13.5. The molecule has 0 fully saturated rings. The number of carbonyl (C=O) groups excluding carboxylic acids is 1. The van der Waals surface area contributed by atoms with Crippen molar-refractivity contribution < 1.29 is 4.79 Å². The topological polar surface area (TPSA) is 66.9 Å². The molecule has 0 bridgehead atoms. The highest BCUT2D eigenvalue weighted by atomic mass is 35.5. The first-order chi connectivity index (χ1) is 12.0. The maximum Gasteiger partial charge on any atom is 0.262 e. The molecule has 2 N–H and O–H groups in total. The lowest BCUT2D eigenvalue weighted by Gasteiger charge is -2.11. The Morgan fingerprint density at radius 1 is 1.24 bits per heavy atom. The van der Waals surface area contributed by atoms with Crippen LogP contribution in [0.1, 0.15) is 12.0 Å². The number of carbonyl (C=O) groups is 1. The van der Waals surface area contributed by atoms with E-state index in [1.807, 2.05) is 13.0 Å². The summed E-state index contributed by atoms with van der Waals surface area (Å²) in [5.74, 6) is -0.208. The van der Waals surface area contributed by atoms with Gasteiger partial charge in [0.1, 0.15) is 0 Å². The molecule has 0 radical (unpaired) electrons. The fraction of sp³-hybridized carbons (Fsp3) is 0.167. The highest BCUT2D eigenvalue weighted by molar-refractivity contribution is 7.71. The zero-order valence-corrected chi connectivity index (χ0v) is 15.1. The van der Waals surface area contributed by atoms with Gasteiger partial charge in [-0.1, -0.05) is 29.8 Å². The predicted molar refractivity (Wildman–Crippen MR) is 103 cm³/mol. The lowest BCUT2D eigenvalue weighted by molar-refractivity contribution is -0.116. The molecule has 0 unspecified atom stereocenters. The molecule has 0 aliphatic carbocycles. The van der Waals surface area contributed by atoms with Gasteiger partial charge in [0.05, 0.1) is 10.9 Å². The Morgan fingerprint density at radius 2 is 2.00 bits per heavy atom. The van der Waals surface area contributed by atoms with Gasteiger partial charge in [-0.05, 0) is 49.0 Å². The summed E-state index contributed by atoms with van der Waals surface area (Å²) in [5, 5.41) is 3.95. The van der Waals surface area contributed by atoms with Crippen LogP contribution in [0, 0.1) is 11.7 Å². The van der Waals surface area contributed by atoms with E-state index in [4.69, 9.17) is 23.8 Å². The minimum Gasteiger partial charge on any atom is -0.332 e. The standard InChI is InChI=1S/C18H16ClN3O2S/c1-11-13(19)6-4-8-14(11)20-16(23)9-10-22-17(24)12-5-2-3-7-15(12)21-18(22)25/h2-8H,9-10H2,1H3,(H,20,23)(H,21,25). The number of halogens is 1. The first-order valence-electron chi connectivity index (χ1n) is 7.74.